The van der Waals surface area contributed by atoms with Crippen LogP contribution in [0.15, 0.2) is 24.5 Å². The van der Waals surface area contributed by atoms with Gasteiger partial charge in [-0.25, -0.2) is 0 Å². The van der Waals surface area contributed by atoms with Crippen LogP contribution >= 0.6 is 0 Å². The summed E-state index contributed by atoms with van der Waals surface area (Å²) >= 11 is 0. The van der Waals surface area contributed by atoms with Gasteiger partial charge < -0.3 is 10.6 Å². The largest absolute Gasteiger partial charge is 0.338 e. The van der Waals surface area contributed by atoms with Crippen molar-refractivity contribution >= 4 is 5.91 Å². The molecule has 0 bridgehead atoms. The Hall–Kier alpha value is -1.42. The molecule has 2 unspecified atom stereocenters. The van der Waals surface area contributed by atoms with Crippen LogP contribution in [0.4, 0.5) is 0 Å². The molecular weight excluding hydrogens is 226 g/mol. The van der Waals surface area contributed by atoms with E-state index in [0.717, 1.165) is 12.8 Å². The third-order valence-electron chi connectivity index (χ3n) is 3.90. The summed E-state index contributed by atoms with van der Waals surface area (Å²) in [5.41, 5.74) is 6.47. The van der Waals surface area contributed by atoms with Crippen molar-refractivity contribution in [1.29, 1.82) is 0 Å². The van der Waals surface area contributed by atoms with Crippen molar-refractivity contribution in [3.63, 3.8) is 0 Å². The van der Waals surface area contributed by atoms with Crippen LogP contribution < -0.4 is 5.73 Å². The van der Waals surface area contributed by atoms with Crippen LogP contribution in [0.1, 0.15) is 36.0 Å². The molecule has 1 saturated carbocycles. The Morgan fingerprint density at radius 2 is 2.28 bits per heavy atom. The van der Waals surface area contributed by atoms with Crippen molar-refractivity contribution in [3.8, 4) is 0 Å². The average molecular weight is 247 g/mol. The molecule has 2 N–H and O–H groups in total. The minimum atomic E-state index is 0.0495. The molecule has 4 nitrogen and oxygen atoms in total. The van der Waals surface area contributed by atoms with Gasteiger partial charge in [-0.15, -0.1) is 0 Å². The second-order valence-electron chi connectivity index (χ2n) is 5.01. The van der Waals surface area contributed by atoms with Gasteiger partial charge in [0.1, 0.15) is 0 Å². The molecule has 1 heterocycles. The van der Waals surface area contributed by atoms with Crippen LogP contribution in [-0.4, -0.2) is 35.4 Å². The molecule has 2 rings (SSSR count). The first kappa shape index (κ1) is 13.0. The van der Waals surface area contributed by atoms with Crippen molar-refractivity contribution in [1.82, 2.24) is 9.88 Å². The minimum absolute atomic E-state index is 0.0495. The summed E-state index contributed by atoms with van der Waals surface area (Å²) in [5.74, 6) is 0.484. The summed E-state index contributed by atoms with van der Waals surface area (Å²) in [7, 11) is 1.88. The van der Waals surface area contributed by atoms with Gasteiger partial charge in [-0.1, -0.05) is 12.8 Å². The summed E-state index contributed by atoms with van der Waals surface area (Å²) in [6.07, 6.45) is 7.91. The molecular formula is C14H21N3O. The van der Waals surface area contributed by atoms with Gasteiger partial charge in [-0.2, -0.15) is 0 Å². The molecule has 1 aromatic heterocycles. The zero-order chi connectivity index (χ0) is 13.0. The molecule has 18 heavy (non-hydrogen) atoms. The number of carbonyl (C=O) groups excluding carboxylic acids is 1. The lowest BCUT2D eigenvalue weighted by Gasteiger charge is -2.37. The van der Waals surface area contributed by atoms with E-state index in [1.807, 2.05) is 18.0 Å². The number of hydrogen-bond acceptors (Lipinski definition) is 3. The zero-order valence-electron chi connectivity index (χ0n) is 10.9. The van der Waals surface area contributed by atoms with Crippen LogP contribution in [0, 0.1) is 5.92 Å². The summed E-state index contributed by atoms with van der Waals surface area (Å²) in [5, 5.41) is 0. The number of nitrogens with two attached hydrogens (primary N) is 1. The summed E-state index contributed by atoms with van der Waals surface area (Å²) < 4.78 is 0. The van der Waals surface area contributed by atoms with Gasteiger partial charge in [0, 0.05) is 25.5 Å². The Kier molecular flexibility index (Phi) is 4.31. The predicted octanol–water partition coefficient (Wildman–Crippen LogP) is 1.67. The molecule has 1 fully saturated rings. The standard InChI is InChI=1S/C14H21N3O/c1-17(13-7-3-2-5-11(13)9-15)14(18)12-6-4-8-16-10-12/h4,6,8,10-11,13H,2-3,5,7,9,15H2,1H3. The van der Waals surface area contributed by atoms with E-state index in [1.54, 1.807) is 18.5 Å². The van der Waals surface area contributed by atoms with E-state index < -0.39 is 0 Å². The Morgan fingerprint density at radius 1 is 1.50 bits per heavy atom. The number of nitrogens with zero attached hydrogens (tertiary/aromatic N) is 2. The molecule has 1 amide bonds. The second kappa shape index (κ2) is 5.96. The topological polar surface area (TPSA) is 59.2 Å². The number of hydrogen-bond donors (Lipinski definition) is 1. The lowest BCUT2D eigenvalue weighted by molar-refractivity contribution is 0.0620. The van der Waals surface area contributed by atoms with Gasteiger partial charge in [-0.3, -0.25) is 9.78 Å². The maximum Gasteiger partial charge on any atom is 0.255 e. The first-order valence-electron chi connectivity index (χ1n) is 6.61. The monoisotopic (exact) mass is 247 g/mol. The van der Waals surface area contributed by atoms with E-state index >= 15 is 0 Å². The smallest absolute Gasteiger partial charge is 0.255 e. The third-order valence-corrected chi connectivity index (χ3v) is 3.90. The number of amides is 1. The SMILES string of the molecule is CN(C(=O)c1cccnc1)C1CCCCC1CN. The van der Waals surface area contributed by atoms with Gasteiger partial charge in [0.2, 0.25) is 0 Å². The molecule has 0 saturated heterocycles. The first-order valence-corrected chi connectivity index (χ1v) is 6.61. The molecule has 1 aliphatic carbocycles. The Labute approximate surface area is 108 Å². The summed E-state index contributed by atoms with van der Waals surface area (Å²) in [4.78, 5) is 18.2. The van der Waals surface area contributed by atoms with Crippen LogP contribution in [0.25, 0.3) is 0 Å². The van der Waals surface area contributed by atoms with E-state index in [9.17, 15) is 4.79 Å². The molecule has 0 aliphatic heterocycles. The molecule has 98 valence electrons. The Morgan fingerprint density at radius 3 is 2.94 bits per heavy atom. The summed E-state index contributed by atoms with van der Waals surface area (Å²) in [6, 6.07) is 3.88. The van der Waals surface area contributed by atoms with Crippen LogP contribution in [-0.2, 0) is 0 Å². The normalized spacial score (nSPS) is 23.7. The molecule has 0 spiro atoms. The van der Waals surface area contributed by atoms with Gasteiger partial charge in [0.15, 0.2) is 0 Å². The molecule has 2 atom stereocenters. The van der Waals surface area contributed by atoms with Crippen LogP contribution in [0.2, 0.25) is 0 Å². The fourth-order valence-electron chi connectivity index (χ4n) is 2.82. The van der Waals surface area contributed by atoms with Crippen LogP contribution in [0.5, 0.6) is 0 Å². The quantitative estimate of drug-likeness (QED) is 0.884. The van der Waals surface area contributed by atoms with E-state index in [1.165, 1.54) is 12.8 Å². The fourth-order valence-corrected chi connectivity index (χ4v) is 2.82. The average Bonchev–Trinajstić information content (AvgIpc) is 2.46. The van der Waals surface area contributed by atoms with Crippen molar-refractivity contribution < 1.29 is 4.79 Å². The molecule has 1 aromatic rings. The number of rotatable bonds is 3. The maximum absolute atomic E-state index is 12.4. The van der Waals surface area contributed by atoms with Gasteiger partial charge in [0.25, 0.3) is 5.91 Å². The fraction of sp³-hybridized carbons (Fsp3) is 0.571. The number of carbonyl (C=O) groups is 1. The molecule has 1 aliphatic rings. The maximum atomic E-state index is 12.4. The van der Waals surface area contributed by atoms with E-state index in [-0.39, 0.29) is 11.9 Å². The molecule has 0 radical (unpaired) electrons. The minimum Gasteiger partial charge on any atom is -0.338 e. The molecule has 0 aromatic carbocycles. The number of aromatic nitrogens is 1. The van der Waals surface area contributed by atoms with Crippen molar-refractivity contribution in [2.75, 3.05) is 13.6 Å². The summed E-state index contributed by atoms with van der Waals surface area (Å²) in [6.45, 7) is 0.662. The van der Waals surface area contributed by atoms with Gasteiger partial charge in [-0.05, 0) is 37.4 Å². The van der Waals surface area contributed by atoms with E-state index in [4.69, 9.17) is 5.73 Å². The van der Waals surface area contributed by atoms with Gasteiger partial charge >= 0.3 is 0 Å². The van der Waals surface area contributed by atoms with E-state index in [0.29, 0.717) is 18.0 Å². The van der Waals surface area contributed by atoms with E-state index in [2.05, 4.69) is 4.98 Å². The van der Waals surface area contributed by atoms with Crippen molar-refractivity contribution in [3.05, 3.63) is 30.1 Å². The Balaban J connectivity index is 2.10. The van der Waals surface area contributed by atoms with Crippen molar-refractivity contribution in [2.45, 2.75) is 31.7 Å². The lowest BCUT2D eigenvalue weighted by atomic mass is 9.83. The first-order chi connectivity index (χ1) is 8.74. The van der Waals surface area contributed by atoms with Gasteiger partial charge in [0.05, 0.1) is 5.56 Å². The highest BCUT2D eigenvalue weighted by molar-refractivity contribution is 5.93. The Bertz CT molecular complexity index is 393. The number of pyridine rings is 1. The van der Waals surface area contributed by atoms with Crippen molar-refractivity contribution in [2.24, 2.45) is 11.7 Å². The predicted molar refractivity (Wildman–Crippen MR) is 71.1 cm³/mol. The second-order valence-corrected chi connectivity index (χ2v) is 5.01. The lowest BCUT2D eigenvalue weighted by Crippen LogP contribution is -2.45. The highest BCUT2D eigenvalue weighted by Crippen LogP contribution is 2.27. The van der Waals surface area contributed by atoms with Crippen LogP contribution in [0.3, 0.4) is 0 Å². The zero-order valence-corrected chi connectivity index (χ0v) is 10.9. The highest BCUT2D eigenvalue weighted by atomic mass is 16.2. The molecule has 4 heteroatoms. The highest BCUT2D eigenvalue weighted by Gasteiger charge is 2.30. The third kappa shape index (κ3) is 2.70.